The van der Waals surface area contributed by atoms with Crippen molar-refractivity contribution in [2.45, 2.75) is 32.2 Å². The van der Waals surface area contributed by atoms with Gasteiger partial charge in [0.15, 0.2) is 0 Å². The molecule has 0 N–H and O–H groups in total. The lowest BCUT2D eigenvalue weighted by Crippen LogP contribution is -2.43. The molecule has 1 atom stereocenters. The van der Waals surface area contributed by atoms with Gasteiger partial charge in [0.05, 0.1) is 19.0 Å². The fourth-order valence-electron chi connectivity index (χ4n) is 2.64. The van der Waals surface area contributed by atoms with Gasteiger partial charge >= 0.3 is 0 Å². The van der Waals surface area contributed by atoms with Gasteiger partial charge in [0.2, 0.25) is 5.91 Å². The summed E-state index contributed by atoms with van der Waals surface area (Å²) in [7, 11) is 3.77. The predicted molar refractivity (Wildman–Crippen MR) is 75.6 cm³/mol. The van der Waals surface area contributed by atoms with Gasteiger partial charge in [-0.15, -0.1) is 0 Å². The summed E-state index contributed by atoms with van der Waals surface area (Å²) in [6, 6.07) is 2.65. The number of rotatable bonds is 7. The van der Waals surface area contributed by atoms with Crippen LogP contribution in [0.4, 0.5) is 0 Å². The van der Waals surface area contributed by atoms with Crippen molar-refractivity contribution in [3.63, 3.8) is 0 Å². The van der Waals surface area contributed by atoms with Crippen LogP contribution in [0.25, 0.3) is 0 Å². The van der Waals surface area contributed by atoms with E-state index in [0.29, 0.717) is 25.6 Å². The van der Waals surface area contributed by atoms with E-state index in [9.17, 15) is 4.79 Å². The molecular formula is C14H26N4O. The van der Waals surface area contributed by atoms with Gasteiger partial charge in [-0.05, 0) is 33.0 Å². The van der Waals surface area contributed by atoms with E-state index in [1.807, 2.05) is 7.05 Å². The van der Waals surface area contributed by atoms with Gasteiger partial charge in [-0.3, -0.25) is 14.6 Å². The molecular weight excluding hydrogens is 240 g/mol. The molecule has 0 aromatic rings. The zero-order chi connectivity index (χ0) is 14.3. The lowest BCUT2D eigenvalue weighted by molar-refractivity contribution is -0.130. The van der Waals surface area contributed by atoms with Crippen molar-refractivity contribution in [2.75, 3.05) is 46.8 Å². The summed E-state index contributed by atoms with van der Waals surface area (Å²) in [4.78, 5) is 18.2. The molecule has 0 aliphatic carbocycles. The van der Waals surface area contributed by atoms with E-state index in [2.05, 4.69) is 22.8 Å². The summed E-state index contributed by atoms with van der Waals surface area (Å²) < 4.78 is 0. The van der Waals surface area contributed by atoms with Gasteiger partial charge in [-0.2, -0.15) is 5.26 Å². The minimum atomic E-state index is 0.0961. The van der Waals surface area contributed by atoms with E-state index >= 15 is 0 Å². The van der Waals surface area contributed by atoms with Crippen molar-refractivity contribution in [3.05, 3.63) is 0 Å². The van der Waals surface area contributed by atoms with Gasteiger partial charge in [0.1, 0.15) is 0 Å². The Morgan fingerprint density at radius 2 is 2.21 bits per heavy atom. The SMILES string of the molecule is CCN1CCCC1CN(C)CC(=O)N(C)CCC#N. The molecule has 0 aromatic carbocycles. The molecule has 1 fully saturated rings. The van der Waals surface area contributed by atoms with Crippen LogP contribution in [-0.4, -0.2) is 73.5 Å². The second kappa shape index (κ2) is 8.13. The molecule has 0 aromatic heterocycles. The molecule has 1 rings (SSSR count). The quantitative estimate of drug-likeness (QED) is 0.683. The number of carbonyl (C=O) groups excluding carboxylic acids is 1. The first-order valence-electron chi connectivity index (χ1n) is 7.12. The van der Waals surface area contributed by atoms with Gasteiger partial charge in [-0.25, -0.2) is 0 Å². The highest BCUT2D eigenvalue weighted by Crippen LogP contribution is 2.17. The summed E-state index contributed by atoms with van der Waals surface area (Å²) in [5.41, 5.74) is 0. The van der Waals surface area contributed by atoms with Crippen LogP contribution in [0.3, 0.4) is 0 Å². The van der Waals surface area contributed by atoms with Crippen molar-refractivity contribution in [3.8, 4) is 6.07 Å². The van der Waals surface area contributed by atoms with E-state index in [0.717, 1.165) is 13.1 Å². The van der Waals surface area contributed by atoms with Gasteiger partial charge in [0.25, 0.3) is 0 Å². The maximum atomic E-state index is 11.9. The van der Waals surface area contributed by atoms with Crippen LogP contribution >= 0.6 is 0 Å². The molecule has 0 spiro atoms. The highest BCUT2D eigenvalue weighted by atomic mass is 16.2. The molecule has 5 heteroatoms. The van der Waals surface area contributed by atoms with Crippen molar-refractivity contribution < 1.29 is 4.79 Å². The molecule has 1 heterocycles. The van der Waals surface area contributed by atoms with Crippen molar-refractivity contribution in [2.24, 2.45) is 0 Å². The van der Waals surface area contributed by atoms with E-state index in [1.165, 1.54) is 19.4 Å². The third kappa shape index (κ3) is 5.17. The number of nitrogens with zero attached hydrogens (tertiary/aromatic N) is 4. The van der Waals surface area contributed by atoms with Crippen LogP contribution in [0.2, 0.25) is 0 Å². The van der Waals surface area contributed by atoms with E-state index in [-0.39, 0.29) is 5.91 Å². The summed E-state index contributed by atoms with van der Waals surface area (Å²) in [5, 5.41) is 8.52. The largest absolute Gasteiger partial charge is 0.344 e. The lowest BCUT2D eigenvalue weighted by atomic mass is 10.2. The minimum absolute atomic E-state index is 0.0961. The number of carbonyl (C=O) groups is 1. The number of likely N-dealkylation sites (N-methyl/N-ethyl adjacent to an activating group) is 3. The van der Waals surface area contributed by atoms with Crippen molar-refractivity contribution >= 4 is 5.91 Å². The van der Waals surface area contributed by atoms with Crippen molar-refractivity contribution in [1.29, 1.82) is 5.26 Å². The zero-order valence-electron chi connectivity index (χ0n) is 12.4. The third-order valence-corrected chi connectivity index (χ3v) is 3.82. The number of nitriles is 1. The van der Waals surface area contributed by atoms with Crippen molar-refractivity contribution in [1.82, 2.24) is 14.7 Å². The average molecular weight is 266 g/mol. The topological polar surface area (TPSA) is 50.6 Å². The molecule has 0 saturated carbocycles. The van der Waals surface area contributed by atoms with Gasteiger partial charge < -0.3 is 4.90 Å². The first kappa shape index (κ1) is 15.9. The molecule has 0 radical (unpaired) electrons. The maximum Gasteiger partial charge on any atom is 0.236 e. The van der Waals surface area contributed by atoms with Gasteiger partial charge in [0, 0.05) is 26.2 Å². The Kier molecular flexibility index (Phi) is 6.82. The minimum Gasteiger partial charge on any atom is -0.344 e. The highest BCUT2D eigenvalue weighted by Gasteiger charge is 2.24. The Labute approximate surface area is 116 Å². The Hall–Kier alpha value is -1.12. The monoisotopic (exact) mass is 266 g/mol. The highest BCUT2D eigenvalue weighted by molar-refractivity contribution is 5.77. The second-order valence-corrected chi connectivity index (χ2v) is 5.34. The van der Waals surface area contributed by atoms with Gasteiger partial charge in [-0.1, -0.05) is 6.92 Å². The smallest absolute Gasteiger partial charge is 0.236 e. The normalized spacial score (nSPS) is 19.6. The molecule has 19 heavy (non-hydrogen) atoms. The molecule has 1 aliphatic rings. The Morgan fingerprint density at radius 1 is 1.47 bits per heavy atom. The van der Waals surface area contributed by atoms with Crippen LogP contribution in [0.5, 0.6) is 0 Å². The van der Waals surface area contributed by atoms with E-state index in [4.69, 9.17) is 5.26 Å². The molecule has 5 nitrogen and oxygen atoms in total. The number of amides is 1. The molecule has 1 aliphatic heterocycles. The Bertz CT molecular complexity index is 326. The van der Waals surface area contributed by atoms with E-state index < -0.39 is 0 Å². The zero-order valence-corrected chi connectivity index (χ0v) is 12.4. The standard InChI is InChI=1S/C14H26N4O/c1-4-18-10-5-7-13(18)11-16(2)12-14(19)17(3)9-6-8-15/h13H,4-7,9-12H2,1-3H3. The Balaban J connectivity index is 2.32. The number of likely N-dealkylation sites (tertiary alicyclic amines) is 1. The predicted octanol–water partition coefficient (Wildman–Crippen LogP) is 0.775. The van der Waals surface area contributed by atoms with Crippen LogP contribution in [0.15, 0.2) is 0 Å². The summed E-state index contributed by atoms with van der Waals surface area (Å²) >= 11 is 0. The molecule has 1 amide bonds. The molecule has 108 valence electrons. The molecule has 0 bridgehead atoms. The summed E-state index contributed by atoms with van der Waals surface area (Å²) in [6.45, 7) is 6.38. The van der Waals surface area contributed by atoms with Crippen LogP contribution < -0.4 is 0 Å². The molecule has 1 unspecified atom stereocenters. The van der Waals surface area contributed by atoms with Crippen LogP contribution in [0, 0.1) is 11.3 Å². The number of hydrogen-bond donors (Lipinski definition) is 0. The number of hydrogen-bond acceptors (Lipinski definition) is 4. The Morgan fingerprint density at radius 3 is 2.84 bits per heavy atom. The second-order valence-electron chi connectivity index (χ2n) is 5.34. The summed E-state index contributed by atoms with van der Waals surface area (Å²) in [6.07, 6.45) is 2.90. The van der Waals surface area contributed by atoms with E-state index in [1.54, 1.807) is 11.9 Å². The summed E-state index contributed by atoms with van der Waals surface area (Å²) in [5.74, 6) is 0.0961. The first-order valence-corrected chi connectivity index (χ1v) is 7.12. The fourth-order valence-corrected chi connectivity index (χ4v) is 2.64. The average Bonchev–Trinajstić information content (AvgIpc) is 2.82. The third-order valence-electron chi connectivity index (χ3n) is 3.82. The first-order chi connectivity index (χ1) is 9.08. The van der Waals surface area contributed by atoms with Crippen LogP contribution in [0.1, 0.15) is 26.2 Å². The van der Waals surface area contributed by atoms with Crippen LogP contribution in [-0.2, 0) is 4.79 Å². The maximum absolute atomic E-state index is 11.9. The molecule has 1 saturated heterocycles. The fraction of sp³-hybridized carbons (Fsp3) is 0.857. The lowest BCUT2D eigenvalue weighted by Gasteiger charge is -2.28.